The minimum Gasteiger partial charge on any atom is -0.542 e. The zero-order valence-corrected chi connectivity index (χ0v) is 5.58. The number of carbonyl (C=O) groups excluding carboxylic acids is 1. The summed E-state index contributed by atoms with van der Waals surface area (Å²) >= 11 is 0. The minimum absolute atomic E-state index is 0. The first-order valence-corrected chi connectivity index (χ1v) is 0.704. The van der Waals surface area contributed by atoms with E-state index in [1.54, 1.807) is 0 Å². The fourth-order valence-electron chi connectivity index (χ4n) is 0. The largest absolute Gasteiger partial charge is 0.542 e. The van der Waals surface area contributed by atoms with Crippen LogP contribution in [-0.2, 0) is 24.3 Å². The molecule has 0 rings (SSSR count). The van der Waals surface area contributed by atoms with Crippen molar-refractivity contribution in [1.82, 2.24) is 0 Å². The Morgan fingerprint density at radius 2 is 1.75 bits per heavy atom. The maximum Gasteiger partial charge on any atom is 0 e. The number of rotatable bonds is 0. The van der Waals surface area contributed by atoms with Crippen molar-refractivity contribution in [2.75, 3.05) is 0 Å². The molecule has 0 aromatic carbocycles. The average molecular weight is 108 g/mol. The van der Waals surface area contributed by atoms with Crippen LogP contribution in [0.4, 0.5) is 0 Å². The van der Waals surface area contributed by atoms with E-state index in [2.05, 4.69) is 0 Å². The van der Waals surface area contributed by atoms with E-state index < -0.39 is 0 Å². The molecule has 0 aromatic rings. The predicted octanol–water partition coefficient (Wildman–Crippen LogP) is 0.113. The molecule has 0 aliphatic carbocycles. The number of hydrogen-bond acceptors (Lipinski definition) is 1. The van der Waals surface area contributed by atoms with Gasteiger partial charge < -0.3 is 4.79 Å². The summed E-state index contributed by atoms with van der Waals surface area (Å²) < 4.78 is 0. The van der Waals surface area contributed by atoms with Gasteiger partial charge in [-0.1, -0.05) is 0 Å². The second kappa shape index (κ2) is 10.4. The summed E-state index contributed by atoms with van der Waals surface area (Å²) in [7, 11) is 0. The van der Waals surface area contributed by atoms with Gasteiger partial charge in [0.05, 0.1) is 0 Å². The van der Waals surface area contributed by atoms with Gasteiger partial charge in [0.2, 0.25) is 0 Å². The van der Waals surface area contributed by atoms with E-state index in [-0.39, 0.29) is 19.5 Å². The van der Waals surface area contributed by atoms with Gasteiger partial charge in [-0.2, -0.15) is 6.92 Å². The zero-order chi connectivity index (χ0) is 2.71. The maximum absolute atomic E-state index is 8.68. The van der Waals surface area contributed by atoms with Crippen LogP contribution in [0.3, 0.4) is 0 Å². The Morgan fingerprint density at radius 1 is 1.75 bits per heavy atom. The molecule has 0 spiro atoms. The van der Waals surface area contributed by atoms with Crippen molar-refractivity contribution in [3.8, 4) is 0 Å². The summed E-state index contributed by atoms with van der Waals surface area (Å²) in [4.78, 5) is 8.68. The van der Waals surface area contributed by atoms with Crippen molar-refractivity contribution in [2.45, 2.75) is 6.92 Å². The molecule has 0 unspecified atom stereocenters. The van der Waals surface area contributed by atoms with Crippen LogP contribution in [0, 0.1) is 0 Å². The van der Waals surface area contributed by atoms with Crippen LogP contribution in [0.1, 0.15) is 6.92 Å². The summed E-state index contributed by atoms with van der Waals surface area (Å²) in [6.45, 7) is 1.32. The Bertz CT molecular complexity index is 13.5. The van der Waals surface area contributed by atoms with Crippen LogP contribution in [-0.4, -0.2) is 6.29 Å². The van der Waals surface area contributed by atoms with Crippen LogP contribution in [0.25, 0.3) is 0 Å². The Labute approximate surface area is 38.1 Å². The maximum atomic E-state index is 8.68. The Kier molecular flexibility index (Phi) is 22.9. The van der Waals surface area contributed by atoms with Crippen molar-refractivity contribution < 1.29 is 24.3 Å². The molecule has 0 bridgehead atoms. The molecule has 0 heterocycles. The molecule has 0 aromatic heterocycles. The summed E-state index contributed by atoms with van der Waals surface area (Å²) in [6, 6.07) is 0. The van der Waals surface area contributed by atoms with Gasteiger partial charge in [0.1, 0.15) is 0 Å². The molecule has 0 aliphatic heterocycles. The van der Waals surface area contributed by atoms with Gasteiger partial charge in [0, 0.05) is 19.5 Å². The topological polar surface area (TPSA) is 17.1 Å². The van der Waals surface area contributed by atoms with Crippen molar-refractivity contribution in [1.29, 1.82) is 0 Å². The molecule has 0 amide bonds. The van der Waals surface area contributed by atoms with E-state index in [0.717, 1.165) is 0 Å². The molecule has 0 saturated heterocycles. The van der Waals surface area contributed by atoms with Crippen LogP contribution in [0.15, 0.2) is 0 Å². The van der Waals surface area contributed by atoms with E-state index in [1.165, 1.54) is 13.2 Å². The Morgan fingerprint density at radius 3 is 1.75 bits per heavy atom. The van der Waals surface area contributed by atoms with Gasteiger partial charge in [-0.15, -0.1) is 0 Å². The van der Waals surface area contributed by atoms with E-state index in [0.29, 0.717) is 0 Å². The molecule has 0 N–H and O–H groups in total. The van der Waals surface area contributed by atoms with Crippen LogP contribution in [0.5, 0.6) is 0 Å². The molecule has 0 radical (unpaired) electrons. The molecular weight excluding hydrogens is 105 g/mol. The van der Waals surface area contributed by atoms with Crippen LogP contribution < -0.4 is 0 Å². The molecule has 4 heavy (non-hydrogen) atoms. The molecule has 2 heteroatoms. The summed E-state index contributed by atoms with van der Waals surface area (Å²) in [5, 5.41) is 0. The van der Waals surface area contributed by atoms with E-state index in [9.17, 15) is 0 Å². The van der Waals surface area contributed by atoms with Gasteiger partial charge >= 0.3 is 0 Å². The molecule has 20 valence electrons. The standard InChI is InChI=1S/C2H3O.Zn/c1-2-3;/h1H3;/q-1;. The van der Waals surface area contributed by atoms with Gasteiger partial charge in [-0.05, 0) is 0 Å². The van der Waals surface area contributed by atoms with E-state index in [1.807, 2.05) is 0 Å². The molecule has 0 fully saturated rings. The molecule has 0 aliphatic rings. The fourth-order valence-corrected chi connectivity index (χ4v) is 0. The first-order chi connectivity index (χ1) is 1.41. The van der Waals surface area contributed by atoms with Crippen LogP contribution in [0.2, 0.25) is 0 Å². The van der Waals surface area contributed by atoms with Crippen molar-refractivity contribution >= 4 is 6.29 Å². The monoisotopic (exact) mass is 107 g/mol. The molecule has 0 atom stereocenters. The van der Waals surface area contributed by atoms with Gasteiger partial charge in [-0.3, -0.25) is 6.29 Å². The normalized spacial score (nSPS) is 3.25. The van der Waals surface area contributed by atoms with Crippen LogP contribution >= 0.6 is 0 Å². The van der Waals surface area contributed by atoms with Crippen molar-refractivity contribution in [3.63, 3.8) is 0 Å². The second-order valence-corrected chi connectivity index (χ2v) is 0.204. The second-order valence-electron chi connectivity index (χ2n) is 0.204. The van der Waals surface area contributed by atoms with Gasteiger partial charge in [0.25, 0.3) is 0 Å². The molecule has 1 nitrogen and oxygen atoms in total. The quantitative estimate of drug-likeness (QED) is 0.318. The SMILES string of the molecule is C[C-]=O.[Zn]. The summed E-state index contributed by atoms with van der Waals surface area (Å²) in [5.41, 5.74) is 0. The predicted molar refractivity (Wildman–Crippen MR) is 11.4 cm³/mol. The van der Waals surface area contributed by atoms with Crippen molar-refractivity contribution in [3.05, 3.63) is 0 Å². The molecular formula is C2H3OZn-. The Balaban J connectivity index is 0. The summed E-state index contributed by atoms with van der Waals surface area (Å²) in [5.74, 6) is 0. The zero-order valence-electron chi connectivity index (χ0n) is 2.62. The smallest absolute Gasteiger partial charge is 0 e. The average Bonchev–Trinajstić information content (AvgIpc) is 0.918. The Hall–Kier alpha value is 0.293. The third kappa shape index (κ3) is 44.6. The first-order valence-electron chi connectivity index (χ1n) is 0.704. The van der Waals surface area contributed by atoms with Gasteiger partial charge in [-0.25, -0.2) is 0 Å². The first kappa shape index (κ1) is 8.85. The summed E-state index contributed by atoms with van der Waals surface area (Å²) in [6.07, 6.45) is 1.50. The minimum atomic E-state index is 0. The van der Waals surface area contributed by atoms with E-state index >= 15 is 0 Å². The van der Waals surface area contributed by atoms with E-state index in [4.69, 9.17) is 4.79 Å². The van der Waals surface area contributed by atoms with Gasteiger partial charge in [0.15, 0.2) is 0 Å². The fraction of sp³-hybridized carbons (Fsp3) is 0.500. The molecule has 0 saturated carbocycles. The van der Waals surface area contributed by atoms with Crippen molar-refractivity contribution in [2.24, 2.45) is 0 Å². The third-order valence-electron chi connectivity index (χ3n) is 0. The third-order valence-corrected chi connectivity index (χ3v) is 0. The number of hydrogen-bond donors (Lipinski definition) is 0.